The van der Waals surface area contributed by atoms with Crippen molar-refractivity contribution >= 4 is 22.8 Å². The molecular weight excluding hydrogens is 284 g/mol. The van der Waals surface area contributed by atoms with Gasteiger partial charge in [-0.2, -0.15) is 4.99 Å². The van der Waals surface area contributed by atoms with E-state index in [-0.39, 0.29) is 16.8 Å². The standard InChI is InChI=1S/C16H24N2O2S/c1-10-11-5-6-12(8-11)18(10)15-17-14(19)16(21-15)7-3-4-13(9-16)20-2/h10-13H,3-9H2,1-2H3/t10-,11-,12+,13?,16?/m1/s1. The first-order valence-electron chi connectivity index (χ1n) is 8.26. The lowest BCUT2D eigenvalue weighted by Crippen LogP contribution is -2.43. The second-order valence-corrected chi connectivity index (χ2v) is 8.48. The van der Waals surface area contributed by atoms with E-state index < -0.39 is 0 Å². The van der Waals surface area contributed by atoms with Crippen molar-refractivity contribution in [3.63, 3.8) is 0 Å². The number of aliphatic imine (C=N–C) groups is 1. The highest BCUT2D eigenvalue weighted by Crippen LogP contribution is 2.50. The van der Waals surface area contributed by atoms with Crippen molar-refractivity contribution in [3.8, 4) is 0 Å². The maximum atomic E-state index is 12.6. The molecule has 21 heavy (non-hydrogen) atoms. The molecule has 2 aliphatic heterocycles. The van der Waals surface area contributed by atoms with Crippen LogP contribution >= 0.6 is 11.8 Å². The Morgan fingerprint density at radius 2 is 2.24 bits per heavy atom. The van der Waals surface area contributed by atoms with Crippen molar-refractivity contribution in [3.05, 3.63) is 0 Å². The van der Waals surface area contributed by atoms with E-state index >= 15 is 0 Å². The Bertz CT molecular complexity index is 493. The maximum Gasteiger partial charge on any atom is 0.264 e. The number of rotatable bonds is 1. The molecular formula is C16H24N2O2S. The van der Waals surface area contributed by atoms with Crippen LogP contribution in [0.15, 0.2) is 4.99 Å². The second-order valence-electron chi connectivity index (χ2n) is 7.12. The van der Waals surface area contributed by atoms with Gasteiger partial charge in [0.1, 0.15) is 4.75 Å². The summed E-state index contributed by atoms with van der Waals surface area (Å²) in [5, 5.41) is 1.01. The molecule has 0 aromatic carbocycles. The summed E-state index contributed by atoms with van der Waals surface area (Å²) < 4.78 is 5.20. The van der Waals surface area contributed by atoms with Crippen molar-refractivity contribution in [1.82, 2.24) is 4.90 Å². The van der Waals surface area contributed by atoms with Gasteiger partial charge in [-0.1, -0.05) is 11.8 Å². The number of hydrogen-bond donors (Lipinski definition) is 0. The molecule has 2 aliphatic carbocycles. The van der Waals surface area contributed by atoms with Crippen LogP contribution in [-0.2, 0) is 9.53 Å². The number of amides is 1. The van der Waals surface area contributed by atoms with Crippen LogP contribution in [0.1, 0.15) is 51.9 Å². The number of hydrogen-bond acceptors (Lipinski definition) is 4. The zero-order valence-corrected chi connectivity index (χ0v) is 13.7. The average Bonchev–Trinajstić information content (AvgIpc) is 3.14. The molecule has 5 heteroatoms. The number of methoxy groups -OCH3 is 1. The van der Waals surface area contributed by atoms with Crippen LogP contribution in [0.2, 0.25) is 0 Å². The molecule has 1 amide bonds. The Balaban J connectivity index is 1.55. The summed E-state index contributed by atoms with van der Waals surface area (Å²) in [6.45, 7) is 2.31. The molecule has 3 fully saturated rings. The normalized spacial score (nSPS) is 45.7. The molecule has 5 atom stereocenters. The Labute approximate surface area is 130 Å². The monoisotopic (exact) mass is 308 g/mol. The average molecular weight is 308 g/mol. The molecule has 2 heterocycles. The van der Waals surface area contributed by atoms with E-state index in [1.807, 2.05) is 0 Å². The molecule has 4 nitrogen and oxygen atoms in total. The molecule has 116 valence electrons. The molecule has 2 bridgehead atoms. The number of carbonyl (C=O) groups excluding carboxylic acids is 1. The van der Waals surface area contributed by atoms with Crippen LogP contribution < -0.4 is 0 Å². The van der Waals surface area contributed by atoms with Gasteiger partial charge in [0.25, 0.3) is 5.91 Å². The van der Waals surface area contributed by atoms with Crippen molar-refractivity contribution in [2.45, 2.75) is 74.8 Å². The number of amidine groups is 1. The summed E-state index contributed by atoms with van der Waals surface area (Å²) in [4.78, 5) is 19.6. The third-order valence-corrected chi connectivity index (χ3v) is 7.47. The van der Waals surface area contributed by atoms with Crippen LogP contribution in [0.5, 0.6) is 0 Å². The number of piperidine rings is 1. The van der Waals surface area contributed by atoms with E-state index in [0.717, 1.165) is 36.8 Å². The van der Waals surface area contributed by atoms with Crippen LogP contribution in [0.3, 0.4) is 0 Å². The van der Waals surface area contributed by atoms with E-state index in [0.29, 0.717) is 12.1 Å². The lowest BCUT2D eigenvalue weighted by Gasteiger charge is -2.37. The SMILES string of the molecule is COC1CCCC2(C1)SC(N1[C@H]3CC[C@H](C3)[C@H]1C)=NC2=O. The fourth-order valence-corrected chi connectivity index (χ4v) is 6.34. The summed E-state index contributed by atoms with van der Waals surface area (Å²) in [6.07, 6.45) is 8.07. The van der Waals surface area contributed by atoms with Gasteiger partial charge in [-0.15, -0.1) is 0 Å². The Kier molecular flexibility index (Phi) is 3.34. The zero-order valence-electron chi connectivity index (χ0n) is 12.9. The summed E-state index contributed by atoms with van der Waals surface area (Å²) in [5.41, 5.74) is 0. The quantitative estimate of drug-likeness (QED) is 0.747. The van der Waals surface area contributed by atoms with Gasteiger partial charge in [0.05, 0.1) is 6.10 Å². The molecule has 1 spiro atoms. The molecule has 2 unspecified atom stereocenters. The number of thioether (sulfide) groups is 1. The largest absolute Gasteiger partial charge is 0.381 e. The Hall–Kier alpha value is -0.550. The van der Waals surface area contributed by atoms with Crippen LogP contribution in [0.25, 0.3) is 0 Å². The van der Waals surface area contributed by atoms with Crippen LogP contribution in [0, 0.1) is 5.92 Å². The third-order valence-electron chi connectivity index (χ3n) is 6.05. The minimum atomic E-state index is -0.324. The summed E-state index contributed by atoms with van der Waals surface area (Å²) in [5.74, 6) is 0.905. The topological polar surface area (TPSA) is 41.9 Å². The van der Waals surface area contributed by atoms with E-state index in [1.165, 1.54) is 19.3 Å². The number of likely N-dealkylation sites (tertiary alicyclic amines) is 1. The van der Waals surface area contributed by atoms with Gasteiger partial charge >= 0.3 is 0 Å². The number of fused-ring (bicyclic) bond motifs is 2. The fourth-order valence-electron chi connectivity index (χ4n) is 4.79. The minimum Gasteiger partial charge on any atom is -0.381 e. The second kappa shape index (κ2) is 4.98. The van der Waals surface area contributed by atoms with Gasteiger partial charge in [-0.05, 0) is 57.8 Å². The summed E-state index contributed by atoms with van der Waals surface area (Å²) in [7, 11) is 1.76. The van der Waals surface area contributed by atoms with Gasteiger partial charge < -0.3 is 9.64 Å². The molecule has 0 N–H and O–H groups in total. The summed E-state index contributed by atoms with van der Waals surface area (Å²) in [6, 6.07) is 1.18. The van der Waals surface area contributed by atoms with Gasteiger partial charge in [0.15, 0.2) is 5.17 Å². The van der Waals surface area contributed by atoms with Crippen LogP contribution in [0.4, 0.5) is 0 Å². The number of ether oxygens (including phenoxy) is 1. The Morgan fingerprint density at radius 3 is 2.95 bits per heavy atom. The van der Waals surface area contributed by atoms with Gasteiger partial charge in [-0.25, -0.2) is 0 Å². The van der Waals surface area contributed by atoms with Gasteiger partial charge in [-0.3, -0.25) is 4.79 Å². The first kappa shape index (κ1) is 14.1. The molecule has 4 aliphatic rings. The van der Waals surface area contributed by atoms with E-state index in [4.69, 9.17) is 4.74 Å². The predicted octanol–water partition coefficient (Wildman–Crippen LogP) is 2.82. The van der Waals surface area contributed by atoms with Crippen molar-refractivity contribution in [2.24, 2.45) is 10.9 Å². The first-order valence-corrected chi connectivity index (χ1v) is 9.08. The zero-order chi connectivity index (χ0) is 14.6. The Morgan fingerprint density at radius 1 is 1.38 bits per heavy atom. The summed E-state index contributed by atoms with van der Waals surface area (Å²) >= 11 is 1.75. The van der Waals surface area contributed by atoms with E-state index in [9.17, 15) is 4.79 Å². The molecule has 0 radical (unpaired) electrons. The van der Waals surface area contributed by atoms with E-state index in [2.05, 4.69) is 16.8 Å². The minimum absolute atomic E-state index is 0.0965. The lowest BCUT2D eigenvalue weighted by molar-refractivity contribution is -0.121. The maximum absolute atomic E-state index is 12.6. The highest BCUT2D eigenvalue weighted by Gasteiger charge is 2.53. The van der Waals surface area contributed by atoms with Crippen molar-refractivity contribution < 1.29 is 9.53 Å². The first-order chi connectivity index (χ1) is 10.1. The van der Waals surface area contributed by atoms with Crippen molar-refractivity contribution in [2.75, 3.05) is 7.11 Å². The van der Waals surface area contributed by atoms with Crippen molar-refractivity contribution in [1.29, 1.82) is 0 Å². The number of nitrogens with zero attached hydrogens (tertiary/aromatic N) is 2. The highest BCUT2D eigenvalue weighted by atomic mass is 32.2. The van der Waals surface area contributed by atoms with E-state index in [1.54, 1.807) is 18.9 Å². The lowest BCUT2D eigenvalue weighted by atomic mass is 9.86. The molecule has 0 aromatic heterocycles. The third kappa shape index (κ3) is 2.07. The highest BCUT2D eigenvalue weighted by molar-refractivity contribution is 8.16. The van der Waals surface area contributed by atoms with Crippen LogP contribution in [-0.4, -0.2) is 46.0 Å². The molecule has 1 saturated heterocycles. The fraction of sp³-hybridized carbons (Fsp3) is 0.875. The molecule has 4 rings (SSSR count). The number of carbonyl (C=O) groups is 1. The predicted molar refractivity (Wildman–Crippen MR) is 84.5 cm³/mol. The molecule has 0 aromatic rings. The van der Waals surface area contributed by atoms with Gasteiger partial charge in [0, 0.05) is 19.2 Å². The smallest absolute Gasteiger partial charge is 0.264 e. The van der Waals surface area contributed by atoms with Gasteiger partial charge in [0.2, 0.25) is 0 Å². The molecule has 2 saturated carbocycles.